The fraction of sp³-hybridized carbons (Fsp3) is 0.429. The van der Waals surface area contributed by atoms with Crippen LogP contribution in [0.4, 0.5) is 4.79 Å². The van der Waals surface area contributed by atoms with Crippen LogP contribution in [0.5, 0.6) is 0 Å². The highest BCUT2D eigenvalue weighted by molar-refractivity contribution is 5.90. The third-order valence-electron chi connectivity index (χ3n) is 2.59. The Morgan fingerprint density at radius 1 is 1.28 bits per heavy atom. The first-order chi connectivity index (χ1) is 8.28. The molecule has 0 fully saturated rings. The van der Waals surface area contributed by atoms with E-state index < -0.39 is 11.7 Å². The maximum absolute atomic E-state index is 12.1. The van der Waals surface area contributed by atoms with Crippen molar-refractivity contribution in [3.05, 3.63) is 29.5 Å². The molecule has 4 nitrogen and oxygen atoms in total. The Hall–Kier alpha value is -1.84. The van der Waals surface area contributed by atoms with Gasteiger partial charge in [0.25, 0.3) is 0 Å². The predicted molar refractivity (Wildman–Crippen MR) is 70.8 cm³/mol. The number of nitrogens with zero attached hydrogens (tertiary/aromatic N) is 2. The van der Waals surface area contributed by atoms with E-state index in [0.29, 0.717) is 0 Å². The molecular weight excluding hydrogens is 228 g/mol. The van der Waals surface area contributed by atoms with Gasteiger partial charge in [0.05, 0.1) is 11.2 Å². The topological polar surface area (TPSA) is 44.1 Å². The van der Waals surface area contributed by atoms with Gasteiger partial charge < -0.3 is 4.74 Å². The van der Waals surface area contributed by atoms with Gasteiger partial charge in [0.15, 0.2) is 0 Å². The zero-order chi connectivity index (χ0) is 13.5. The molecule has 0 N–H and O–H groups in total. The highest BCUT2D eigenvalue weighted by Gasteiger charge is 2.20. The van der Waals surface area contributed by atoms with Gasteiger partial charge in [-0.05, 0) is 46.8 Å². The smallest absolute Gasteiger partial charge is 0.435 e. The van der Waals surface area contributed by atoms with Gasteiger partial charge in [-0.15, -0.1) is 0 Å². The number of hydrogen-bond donors (Lipinski definition) is 0. The highest BCUT2D eigenvalue weighted by Crippen LogP contribution is 2.20. The molecule has 96 valence electrons. The van der Waals surface area contributed by atoms with Crippen molar-refractivity contribution in [3.8, 4) is 0 Å². The van der Waals surface area contributed by atoms with Crippen LogP contribution in [0.1, 0.15) is 32.0 Å². The van der Waals surface area contributed by atoms with Crippen LogP contribution in [-0.2, 0) is 4.74 Å². The number of rotatable bonds is 0. The normalized spacial score (nSPS) is 11.8. The second kappa shape index (κ2) is 4.12. The summed E-state index contributed by atoms with van der Waals surface area (Å²) in [5.74, 6) is 0. The molecule has 2 aromatic rings. The lowest BCUT2D eigenvalue weighted by Gasteiger charge is -2.19. The summed E-state index contributed by atoms with van der Waals surface area (Å²) in [4.78, 5) is 12.1. The van der Waals surface area contributed by atoms with Gasteiger partial charge in [0.1, 0.15) is 5.60 Å². The van der Waals surface area contributed by atoms with Crippen molar-refractivity contribution in [3.63, 3.8) is 0 Å². The zero-order valence-electron chi connectivity index (χ0n) is 11.4. The molecule has 0 saturated heterocycles. The standard InChI is InChI=1S/C14H18N2O2/c1-9-6-7-12-11(8-9)10(2)15-16(12)13(17)18-14(3,4)5/h6-8H,1-5H3. The van der Waals surface area contributed by atoms with Gasteiger partial charge in [0, 0.05) is 5.39 Å². The Morgan fingerprint density at radius 3 is 2.56 bits per heavy atom. The average molecular weight is 246 g/mol. The highest BCUT2D eigenvalue weighted by atomic mass is 16.6. The van der Waals surface area contributed by atoms with Crippen molar-refractivity contribution >= 4 is 17.0 Å². The molecule has 1 aromatic carbocycles. The third-order valence-corrected chi connectivity index (χ3v) is 2.59. The van der Waals surface area contributed by atoms with E-state index in [0.717, 1.165) is 22.2 Å². The Labute approximate surface area is 107 Å². The van der Waals surface area contributed by atoms with Crippen LogP contribution >= 0.6 is 0 Å². The first kappa shape index (κ1) is 12.6. The zero-order valence-corrected chi connectivity index (χ0v) is 11.4. The molecule has 0 amide bonds. The Kier molecular flexibility index (Phi) is 2.89. The van der Waals surface area contributed by atoms with Crippen LogP contribution in [0.25, 0.3) is 10.9 Å². The number of aromatic nitrogens is 2. The summed E-state index contributed by atoms with van der Waals surface area (Å²) < 4.78 is 6.67. The van der Waals surface area contributed by atoms with E-state index in [4.69, 9.17) is 4.74 Å². The van der Waals surface area contributed by atoms with Crippen molar-refractivity contribution in [2.75, 3.05) is 0 Å². The summed E-state index contributed by atoms with van der Waals surface area (Å²) in [5, 5.41) is 5.24. The summed E-state index contributed by atoms with van der Waals surface area (Å²) >= 11 is 0. The Balaban J connectivity index is 2.49. The predicted octanol–water partition coefficient (Wildman–Crippen LogP) is 3.44. The average Bonchev–Trinajstić information content (AvgIpc) is 2.54. The summed E-state index contributed by atoms with van der Waals surface area (Å²) in [7, 11) is 0. The van der Waals surface area contributed by atoms with Crippen molar-refractivity contribution in [2.45, 2.75) is 40.2 Å². The van der Waals surface area contributed by atoms with Crippen molar-refractivity contribution in [1.82, 2.24) is 9.78 Å². The van der Waals surface area contributed by atoms with Gasteiger partial charge >= 0.3 is 6.09 Å². The third kappa shape index (κ3) is 2.37. The molecule has 2 rings (SSSR count). The van der Waals surface area contributed by atoms with E-state index in [1.54, 1.807) is 0 Å². The van der Waals surface area contributed by atoms with E-state index in [1.165, 1.54) is 4.68 Å². The maximum Gasteiger partial charge on any atom is 0.435 e. The van der Waals surface area contributed by atoms with Gasteiger partial charge in [-0.1, -0.05) is 11.6 Å². The summed E-state index contributed by atoms with van der Waals surface area (Å²) in [6, 6.07) is 5.89. The molecule has 4 heteroatoms. The van der Waals surface area contributed by atoms with E-state index >= 15 is 0 Å². The second-order valence-corrected chi connectivity index (χ2v) is 5.50. The molecule has 0 spiro atoms. The lowest BCUT2D eigenvalue weighted by molar-refractivity contribution is 0.0522. The number of benzene rings is 1. The molecule has 0 aliphatic heterocycles. The number of carbonyl (C=O) groups excluding carboxylic acids is 1. The number of carbonyl (C=O) groups is 1. The van der Waals surface area contributed by atoms with Crippen molar-refractivity contribution < 1.29 is 9.53 Å². The van der Waals surface area contributed by atoms with Crippen LogP contribution in [0, 0.1) is 13.8 Å². The van der Waals surface area contributed by atoms with Crippen LogP contribution in [0.15, 0.2) is 18.2 Å². The fourth-order valence-corrected chi connectivity index (χ4v) is 1.83. The number of ether oxygens (including phenoxy) is 1. The molecular formula is C14H18N2O2. The van der Waals surface area contributed by atoms with Crippen molar-refractivity contribution in [1.29, 1.82) is 0 Å². The van der Waals surface area contributed by atoms with E-state index in [1.807, 2.05) is 52.8 Å². The minimum absolute atomic E-state index is 0.440. The number of hydrogen-bond acceptors (Lipinski definition) is 3. The summed E-state index contributed by atoms with van der Waals surface area (Å²) in [5.41, 5.74) is 2.25. The number of fused-ring (bicyclic) bond motifs is 1. The van der Waals surface area contributed by atoms with E-state index in [9.17, 15) is 4.79 Å². The van der Waals surface area contributed by atoms with E-state index in [-0.39, 0.29) is 0 Å². The molecule has 0 unspecified atom stereocenters. The molecule has 0 aliphatic carbocycles. The van der Waals surface area contributed by atoms with Gasteiger partial charge in [0.2, 0.25) is 0 Å². The Morgan fingerprint density at radius 2 is 1.94 bits per heavy atom. The molecule has 0 atom stereocenters. The van der Waals surface area contributed by atoms with Gasteiger partial charge in [-0.25, -0.2) is 4.79 Å². The van der Waals surface area contributed by atoms with Crippen molar-refractivity contribution in [2.24, 2.45) is 0 Å². The monoisotopic (exact) mass is 246 g/mol. The minimum Gasteiger partial charge on any atom is -0.442 e. The summed E-state index contributed by atoms with van der Waals surface area (Å²) in [6.45, 7) is 9.43. The van der Waals surface area contributed by atoms with Gasteiger partial charge in [-0.3, -0.25) is 0 Å². The lowest BCUT2D eigenvalue weighted by Crippen LogP contribution is -2.27. The Bertz CT molecular complexity index is 606. The summed E-state index contributed by atoms with van der Waals surface area (Å²) in [6.07, 6.45) is -0.440. The second-order valence-electron chi connectivity index (χ2n) is 5.50. The molecule has 0 bridgehead atoms. The molecule has 0 aliphatic rings. The van der Waals surface area contributed by atoms with Crippen LogP contribution in [0.2, 0.25) is 0 Å². The first-order valence-corrected chi connectivity index (χ1v) is 5.97. The SMILES string of the molecule is Cc1ccc2c(c1)c(C)nn2C(=O)OC(C)(C)C. The molecule has 18 heavy (non-hydrogen) atoms. The fourth-order valence-electron chi connectivity index (χ4n) is 1.83. The van der Waals surface area contributed by atoms with Crippen LogP contribution in [0.3, 0.4) is 0 Å². The molecule has 1 aromatic heterocycles. The quantitative estimate of drug-likeness (QED) is 0.715. The largest absolute Gasteiger partial charge is 0.442 e. The lowest BCUT2D eigenvalue weighted by atomic mass is 10.1. The van der Waals surface area contributed by atoms with Crippen LogP contribution in [-0.4, -0.2) is 21.5 Å². The molecule has 1 heterocycles. The van der Waals surface area contributed by atoms with E-state index in [2.05, 4.69) is 5.10 Å². The first-order valence-electron chi connectivity index (χ1n) is 5.97. The maximum atomic E-state index is 12.1. The number of aryl methyl sites for hydroxylation is 2. The molecule has 0 saturated carbocycles. The minimum atomic E-state index is -0.520. The van der Waals surface area contributed by atoms with Crippen LogP contribution < -0.4 is 0 Å². The van der Waals surface area contributed by atoms with Gasteiger partial charge in [-0.2, -0.15) is 9.78 Å². The molecule has 0 radical (unpaired) electrons.